The molecule has 7 heteroatoms. The number of ether oxygens (including phenoxy) is 2. The standard InChI is InChI=1S/C29H28O6S/c1-19-10-13-22(14-11-19)36(31,32)35-24-16-28-20(2)12-15-23(28)26(3)18-34-29(25(28)30,27(24,26)4)33-17-21-8-6-5-7-9-21/h5-11,13-16H,2,12,17-18H2,1,3-4H3/t26-,27+,28+,29+/m0/s1. The first-order valence-corrected chi connectivity index (χ1v) is 13.4. The van der Waals surface area contributed by atoms with Crippen molar-refractivity contribution in [3.05, 3.63) is 101 Å². The van der Waals surface area contributed by atoms with Gasteiger partial charge in [-0.05, 0) is 49.6 Å². The van der Waals surface area contributed by atoms with Gasteiger partial charge in [-0.1, -0.05) is 73.2 Å². The lowest BCUT2D eigenvalue weighted by molar-refractivity contribution is -0.259. The maximum atomic E-state index is 14.4. The summed E-state index contributed by atoms with van der Waals surface area (Å²) in [6.45, 7) is 10.2. The Kier molecular flexibility index (Phi) is 4.73. The van der Waals surface area contributed by atoms with Gasteiger partial charge in [0.15, 0.2) is 0 Å². The van der Waals surface area contributed by atoms with Gasteiger partial charge in [0.1, 0.15) is 10.7 Å². The van der Waals surface area contributed by atoms with Crippen molar-refractivity contribution < 1.29 is 26.9 Å². The number of Topliss-reactive ketones (excluding diaryl/α,β-unsaturated/α-hetero) is 1. The molecule has 4 aliphatic carbocycles. The molecule has 5 aliphatic rings. The van der Waals surface area contributed by atoms with E-state index in [1.54, 1.807) is 18.2 Å². The molecule has 6 nitrogen and oxygen atoms in total. The number of hydrogen-bond donors (Lipinski definition) is 0. The van der Waals surface area contributed by atoms with Crippen molar-refractivity contribution in [3.8, 4) is 0 Å². The fourth-order valence-corrected chi connectivity index (χ4v) is 7.50. The SMILES string of the molecule is C=C1CC=C2[C@@]13C=C(OS(=O)(=O)c1ccc(C)cc1)[C@@]1(C)[C@](OCc4ccccc4)(OC[C@@]21C)C3=O. The number of aryl methyl sites for hydroxylation is 1. The molecule has 1 saturated carbocycles. The maximum absolute atomic E-state index is 14.4. The van der Waals surface area contributed by atoms with Crippen LogP contribution in [-0.2, 0) is 35.2 Å². The van der Waals surface area contributed by atoms with Gasteiger partial charge < -0.3 is 13.7 Å². The smallest absolute Gasteiger partial charge is 0.338 e. The first kappa shape index (κ1) is 23.4. The lowest BCUT2D eigenvalue weighted by atomic mass is 9.42. The average molecular weight is 505 g/mol. The molecule has 36 heavy (non-hydrogen) atoms. The third-order valence-corrected chi connectivity index (χ3v) is 10.00. The van der Waals surface area contributed by atoms with Crippen LogP contribution < -0.4 is 0 Å². The normalized spacial score (nSPS) is 34.4. The molecule has 0 radical (unpaired) electrons. The largest absolute Gasteiger partial charge is 0.383 e. The second-order valence-corrected chi connectivity index (χ2v) is 12.1. The number of rotatable bonds is 6. The van der Waals surface area contributed by atoms with Crippen molar-refractivity contribution in [1.29, 1.82) is 0 Å². The number of carbonyl (C=O) groups is 1. The number of hydrogen-bond acceptors (Lipinski definition) is 6. The zero-order valence-electron chi connectivity index (χ0n) is 20.5. The van der Waals surface area contributed by atoms with Crippen LogP contribution in [0.25, 0.3) is 0 Å². The van der Waals surface area contributed by atoms with Crippen LogP contribution in [0.1, 0.15) is 31.4 Å². The van der Waals surface area contributed by atoms with Crippen LogP contribution >= 0.6 is 0 Å². The minimum atomic E-state index is -4.18. The zero-order valence-corrected chi connectivity index (χ0v) is 21.4. The van der Waals surface area contributed by atoms with E-state index in [1.807, 2.05) is 57.2 Å². The van der Waals surface area contributed by atoms with Gasteiger partial charge in [-0.3, -0.25) is 4.79 Å². The summed E-state index contributed by atoms with van der Waals surface area (Å²) in [6.07, 6.45) is 4.22. The summed E-state index contributed by atoms with van der Waals surface area (Å²) >= 11 is 0. The molecule has 4 bridgehead atoms. The maximum Gasteiger partial charge on any atom is 0.338 e. The predicted octanol–water partition coefficient (Wildman–Crippen LogP) is 5.01. The second-order valence-electron chi connectivity index (χ2n) is 10.6. The topological polar surface area (TPSA) is 78.9 Å². The monoisotopic (exact) mass is 504 g/mol. The molecule has 1 heterocycles. The summed E-state index contributed by atoms with van der Waals surface area (Å²) in [5.74, 6) is -1.83. The number of allylic oxidation sites excluding steroid dienone is 3. The van der Waals surface area contributed by atoms with E-state index >= 15 is 0 Å². The van der Waals surface area contributed by atoms with Gasteiger partial charge >= 0.3 is 10.1 Å². The third kappa shape index (κ3) is 2.63. The van der Waals surface area contributed by atoms with Crippen molar-refractivity contribution in [2.75, 3.05) is 6.61 Å². The Labute approximate surface area is 211 Å². The van der Waals surface area contributed by atoms with Crippen LogP contribution in [0.15, 0.2) is 95.1 Å². The molecule has 186 valence electrons. The van der Waals surface area contributed by atoms with Crippen LogP contribution in [0.3, 0.4) is 0 Å². The van der Waals surface area contributed by atoms with E-state index in [1.165, 1.54) is 12.1 Å². The van der Waals surface area contributed by atoms with Crippen molar-refractivity contribution in [3.63, 3.8) is 0 Å². The molecular formula is C29H28O6S. The Hall–Kier alpha value is -3.00. The van der Waals surface area contributed by atoms with Crippen LogP contribution in [-0.4, -0.2) is 26.6 Å². The molecular weight excluding hydrogens is 476 g/mol. The summed E-state index contributed by atoms with van der Waals surface area (Å²) in [7, 11) is -4.18. The summed E-state index contributed by atoms with van der Waals surface area (Å²) in [5, 5.41) is 0. The van der Waals surface area contributed by atoms with Crippen molar-refractivity contribution in [1.82, 2.24) is 0 Å². The lowest BCUT2D eigenvalue weighted by Gasteiger charge is -2.60. The molecule has 2 aromatic rings. The molecule has 0 aromatic heterocycles. The Morgan fingerprint density at radius 3 is 2.44 bits per heavy atom. The first-order valence-electron chi connectivity index (χ1n) is 12.0. The van der Waals surface area contributed by atoms with E-state index in [-0.39, 0.29) is 29.7 Å². The highest BCUT2D eigenvalue weighted by molar-refractivity contribution is 7.86. The van der Waals surface area contributed by atoms with E-state index in [9.17, 15) is 13.2 Å². The molecule has 1 spiro atoms. The minimum absolute atomic E-state index is 0.0431. The van der Waals surface area contributed by atoms with E-state index in [2.05, 4.69) is 6.58 Å². The first-order chi connectivity index (χ1) is 17.0. The molecule has 1 aliphatic heterocycles. The molecule has 7 rings (SSSR count). The fourth-order valence-electron chi connectivity index (χ4n) is 6.49. The van der Waals surface area contributed by atoms with Gasteiger partial charge in [0.2, 0.25) is 11.6 Å². The van der Waals surface area contributed by atoms with Gasteiger partial charge in [-0.25, -0.2) is 0 Å². The highest BCUT2D eigenvalue weighted by atomic mass is 32.2. The Bertz CT molecular complexity index is 1470. The van der Waals surface area contributed by atoms with Gasteiger partial charge in [0.25, 0.3) is 0 Å². The molecule has 0 N–H and O–H groups in total. The summed E-state index contributed by atoms with van der Waals surface area (Å²) in [5.41, 5.74) is 0.195. The highest BCUT2D eigenvalue weighted by Gasteiger charge is 2.84. The van der Waals surface area contributed by atoms with Gasteiger partial charge in [0, 0.05) is 5.41 Å². The van der Waals surface area contributed by atoms with E-state index < -0.39 is 32.2 Å². The highest BCUT2D eigenvalue weighted by Crippen LogP contribution is 2.77. The summed E-state index contributed by atoms with van der Waals surface area (Å²) in [4.78, 5) is 14.4. The third-order valence-electron chi connectivity index (χ3n) is 8.75. The average Bonchev–Trinajstić information content (AvgIpc) is 3.29. The summed E-state index contributed by atoms with van der Waals surface area (Å²) in [6, 6.07) is 16.0. The zero-order chi connectivity index (χ0) is 25.6. The van der Waals surface area contributed by atoms with E-state index in [4.69, 9.17) is 13.7 Å². The van der Waals surface area contributed by atoms with Gasteiger partial charge in [-0.15, -0.1) is 0 Å². The molecule has 1 saturated heterocycles. The molecule has 0 unspecified atom stereocenters. The Morgan fingerprint density at radius 1 is 1.06 bits per heavy atom. The van der Waals surface area contributed by atoms with E-state index in [0.29, 0.717) is 12.0 Å². The van der Waals surface area contributed by atoms with Crippen LogP contribution in [0.2, 0.25) is 0 Å². The lowest BCUT2D eigenvalue weighted by Crippen LogP contribution is -2.70. The van der Waals surface area contributed by atoms with Crippen molar-refractivity contribution >= 4 is 15.9 Å². The number of carbonyl (C=O) groups excluding carboxylic acids is 1. The molecule has 0 amide bonds. The van der Waals surface area contributed by atoms with Crippen LogP contribution in [0.4, 0.5) is 0 Å². The molecule has 4 atom stereocenters. The number of benzene rings is 2. The number of ketones is 1. The quantitative estimate of drug-likeness (QED) is 0.407. The minimum Gasteiger partial charge on any atom is -0.383 e. The Balaban J connectivity index is 1.51. The molecule has 2 fully saturated rings. The fraction of sp³-hybridized carbons (Fsp3) is 0.345. The van der Waals surface area contributed by atoms with Crippen molar-refractivity contribution in [2.45, 2.75) is 44.5 Å². The van der Waals surface area contributed by atoms with Crippen molar-refractivity contribution in [2.24, 2.45) is 16.2 Å². The van der Waals surface area contributed by atoms with Gasteiger partial charge in [0.05, 0.1) is 24.0 Å². The van der Waals surface area contributed by atoms with Crippen LogP contribution in [0, 0.1) is 23.2 Å². The Morgan fingerprint density at radius 2 is 1.75 bits per heavy atom. The predicted molar refractivity (Wildman–Crippen MR) is 133 cm³/mol. The van der Waals surface area contributed by atoms with Crippen LogP contribution in [0.5, 0.6) is 0 Å². The van der Waals surface area contributed by atoms with Gasteiger partial charge in [-0.2, -0.15) is 8.42 Å². The second kappa shape index (κ2) is 7.28. The van der Waals surface area contributed by atoms with E-state index in [0.717, 1.165) is 16.7 Å². The summed E-state index contributed by atoms with van der Waals surface area (Å²) < 4.78 is 45.5. The molecule has 2 aromatic carbocycles.